The van der Waals surface area contributed by atoms with Gasteiger partial charge in [0.15, 0.2) is 0 Å². The van der Waals surface area contributed by atoms with E-state index >= 15 is 0 Å². The first-order valence-electron chi connectivity index (χ1n) is 4.20. The van der Waals surface area contributed by atoms with Crippen molar-refractivity contribution >= 4 is 11.6 Å². The molecule has 0 aromatic carbocycles. The SMILES string of the molecule is CCCCCOCC=CCCl. The molecule has 0 aliphatic heterocycles. The Hall–Kier alpha value is -0.0100. The summed E-state index contributed by atoms with van der Waals surface area (Å²) in [6, 6.07) is 0. The van der Waals surface area contributed by atoms with Gasteiger partial charge in [-0.1, -0.05) is 31.9 Å². The van der Waals surface area contributed by atoms with Crippen molar-refractivity contribution in [1.29, 1.82) is 0 Å². The zero-order valence-electron chi connectivity index (χ0n) is 7.18. The zero-order chi connectivity index (χ0) is 8.36. The summed E-state index contributed by atoms with van der Waals surface area (Å²) in [5, 5.41) is 0. The predicted molar refractivity (Wildman–Crippen MR) is 50.2 cm³/mol. The van der Waals surface area contributed by atoms with Gasteiger partial charge < -0.3 is 4.74 Å². The molecule has 0 aliphatic rings. The van der Waals surface area contributed by atoms with Crippen molar-refractivity contribution in [2.45, 2.75) is 26.2 Å². The molecule has 0 amide bonds. The van der Waals surface area contributed by atoms with Gasteiger partial charge in [-0.25, -0.2) is 0 Å². The second-order valence-electron chi connectivity index (χ2n) is 2.41. The molecule has 0 aliphatic carbocycles. The molecule has 0 heterocycles. The van der Waals surface area contributed by atoms with Crippen LogP contribution in [0.3, 0.4) is 0 Å². The summed E-state index contributed by atoms with van der Waals surface area (Å²) >= 11 is 5.42. The quantitative estimate of drug-likeness (QED) is 0.329. The summed E-state index contributed by atoms with van der Waals surface area (Å²) in [5.41, 5.74) is 0. The zero-order valence-corrected chi connectivity index (χ0v) is 7.94. The summed E-state index contributed by atoms with van der Waals surface area (Å²) in [6.07, 6.45) is 7.55. The van der Waals surface area contributed by atoms with Crippen molar-refractivity contribution in [2.24, 2.45) is 0 Å². The highest BCUT2D eigenvalue weighted by molar-refractivity contribution is 6.18. The average molecular weight is 177 g/mol. The van der Waals surface area contributed by atoms with Gasteiger partial charge in [0, 0.05) is 12.5 Å². The maximum atomic E-state index is 5.42. The second kappa shape index (κ2) is 9.99. The third kappa shape index (κ3) is 9.99. The fourth-order valence-corrected chi connectivity index (χ4v) is 0.863. The highest BCUT2D eigenvalue weighted by Crippen LogP contribution is 1.93. The minimum absolute atomic E-state index is 0.582. The molecular formula is C9H17ClO. The Balaban J connectivity index is 2.85. The van der Waals surface area contributed by atoms with E-state index in [4.69, 9.17) is 16.3 Å². The van der Waals surface area contributed by atoms with Crippen LogP contribution in [0, 0.1) is 0 Å². The van der Waals surface area contributed by atoms with Crippen molar-refractivity contribution in [3.63, 3.8) is 0 Å². The first-order chi connectivity index (χ1) is 5.41. The molecule has 2 heteroatoms. The number of ether oxygens (including phenoxy) is 1. The van der Waals surface area contributed by atoms with E-state index in [1.165, 1.54) is 19.3 Å². The van der Waals surface area contributed by atoms with E-state index in [9.17, 15) is 0 Å². The number of hydrogen-bond acceptors (Lipinski definition) is 1. The molecule has 0 aromatic heterocycles. The van der Waals surface area contributed by atoms with Crippen LogP contribution in [-0.2, 0) is 4.74 Å². The maximum absolute atomic E-state index is 5.42. The normalized spacial score (nSPS) is 11.1. The van der Waals surface area contributed by atoms with Crippen molar-refractivity contribution < 1.29 is 4.74 Å². The van der Waals surface area contributed by atoms with Gasteiger partial charge in [-0.3, -0.25) is 0 Å². The lowest BCUT2D eigenvalue weighted by molar-refractivity contribution is 0.157. The molecule has 66 valence electrons. The molecule has 0 spiro atoms. The topological polar surface area (TPSA) is 9.23 Å². The Morgan fingerprint density at radius 3 is 2.73 bits per heavy atom. The van der Waals surface area contributed by atoms with E-state index in [1.54, 1.807) is 0 Å². The number of unbranched alkanes of at least 4 members (excludes halogenated alkanes) is 2. The van der Waals surface area contributed by atoms with E-state index in [0.29, 0.717) is 12.5 Å². The van der Waals surface area contributed by atoms with Gasteiger partial charge in [0.1, 0.15) is 0 Å². The molecule has 0 atom stereocenters. The Morgan fingerprint density at radius 1 is 1.27 bits per heavy atom. The first-order valence-corrected chi connectivity index (χ1v) is 4.74. The standard InChI is InChI=1S/C9H17ClO/c1-2-3-5-8-11-9-6-4-7-10/h4,6H,2-3,5,7-9H2,1H3. The minimum Gasteiger partial charge on any atom is -0.377 e. The molecule has 0 rings (SSSR count). The lowest BCUT2D eigenvalue weighted by Gasteiger charge is -1.98. The maximum Gasteiger partial charge on any atom is 0.0647 e. The molecule has 11 heavy (non-hydrogen) atoms. The third-order valence-corrected chi connectivity index (χ3v) is 1.54. The van der Waals surface area contributed by atoms with E-state index in [2.05, 4.69) is 6.92 Å². The Morgan fingerprint density at radius 2 is 2.09 bits per heavy atom. The molecule has 0 aromatic rings. The van der Waals surface area contributed by atoms with Gasteiger partial charge in [0.05, 0.1) is 6.61 Å². The van der Waals surface area contributed by atoms with Crippen LogP contribution in [0.5, 0.6) is 0 Å². The van der Waals surface area contributed by atoms with E-state index in [0.717, 1.165) is 6.61 Å². The smallest absolute Gasteiger partial charge is 0.0647 e. The van der Waals surface area contributed by atoms with Crippen LogP contribution in [-0.4, -0.2) is 19.1 Å². The van der Waals surface area contributed by atoms with Gasteiger partial charge in [-0.2, -0.15) is 0 Å². The highest BCUT2D eigenvalue weighted by atomic mass is 35.5. The van der Waals surface area contributed by atoms with E-state index in [1.807, 2.05) is 12.2 Å². The second-order valence-corrected chi connectivity index (χ2v) is 2.72. The molecule has 0 bridgehead atoms. The molecule has 0 saturated heterocycles. The van der Waals surface area contributed by atoms with Crippen molar-refractivity contribution in [3.05, 3.63) is 12.2 Å². The number of hydrogen-bond donors (Lipinski definition) is 0. The molecule has 1 nitrogen and oxygen atoms in total. The van der Waals surface area contributed by atoms with Gasteiger partial charge in [0.2, 0.25) is 0 Å². The van der Waals surface area contributed by atoms with Crippen LogP contribution < -0.4 is 0 Å². The number of halogens is 1. The predicted octanol–water partition coefficient (Wildman–Crippen LogP) is 2.99. The van der Waals surface area contributed by atoms with E-state index in [-0.39, 0.29) is 0 Å². The number of alkyl halides is 1. The van der Waals surface area contributed by atoms with Gasteiger partial charge in [-0.05, 0) is 6.42 Å². The Labute approximate surface area is 74.4 Å². The summed E-state index contributed by atoms with van der Waals surface area (Å²) in [5.74, 6) is 0.582. The van der Waals surface area contributed by atoms with Gasteiger partial charge in [-0.15, -0.1) is 11.6 Å². The highest BCUT2D eigenvalue weighted by Gasteiger charge is 1.84. The Bertz CT molecular complexity index is 91.6. The minimum atomic E-state index is 0.582. The third-order valence-electron chi connectivity index (χ3n) is 1.36. The van der Waals surface area contributed by atoms with Crippen LogP contribution in [0.15, 0.2) is 12.2 Å². The summed E-state index contributed by atoms with van der Waals surface area (Å²) in [4.78, 5) is 0. The van der Waals surface area contributed by atoms with Crippen molar-refractivity contribution in [2.75, 3.05) is 19.1 Å². The van der Waals surface area contributed by atoms with Crippen LogP contribution in [0.4, 0.5) is 0 Å². The van der Waals surface area contributed by atoms with Gasteiger partial charge >= 0.3 is 0 Å². The summed E-state index contributed by atoms with van der Waals surface area (Å²) in [6.45, 7) is 3.77. The molecular weight excluding hydrogens is 160 g/mol. The lowest BCUT2D eigenvalue weighted by atomic mass is 10.3. The van der Waals surface area contributed by atoms with Crippen molar-refractivity contribution in [3.8, 4) is 0 Å². The average Bonchev–Trinajstić information content (AvgIpc) is 2.03. The largest absolute Gasteiger partial charge is 0.377 e. The summed E-state index contributed by atoms with van der Waals surface area (Å²) in [7, 11) is 0. The first kappa shape index (κ1) is 11.0. The Kier molecular flexibility index (Phi) is 9.98. The summed E-state index contributed by atoms with van der Waals surface area (Å²) < 4.78 is 5.29. The lowest BCUT2D eigenvalue weighted by Crippen LogP contribution is -1.93. The molecule has 0 fully saturated rings. The van der Waals surface area contributed by atoms with Gasteiger partial charge in [0.25, 0.3) is 0 Å². The van der Waals surface area contributed by atoms with Crippen molar-refractivity contribution in [1.82, 2.24) is 0 Å². The van der Waals surface area contributed by atoms with Crippen LogP contribution >= 0.6 is 11.6 Å². The van der Waals surface area contributed by atoms with E-state index < -0.39 is 0 Å². The monoisotopic (exact) mass is 176 g/mol. The number of allylic oxidation sites excluding steroid dienone is 1. The van der Waals surface area contributed by atoms with Crippen LogP contribution in [0.25, 0.3) is 0 Å². The van der Waals surface area contributed by atoms with Crippen LogP contribution in [0.1, 0.15) is 26.2 Å². The van der Waals surface area contributed by atoms with Crippen LogP contribution in [0.2, 0.25) is 0 Å². The molecule has 0 radical (unpaired) electrons. The molecule has 0 unspecified atom stereocenters. The number of rotatable bonds is 7. The fourth-order valence-electron chi connectivity index (χ4n) is 0.737. The molecule has 0 saturated carbocycles. The fraction of sp³-hybridized carbons (Fsp3) is 0.778. The molecule has 0 N–H and O–H groups in total.